The van der Waals surface area contributed by atoms with E-state index in [0.29, 0.717) is 12.5 Å². The van der Waals surface area contributed by atoms with Gasteiger partial charge in [0.1, 0.15) is 5.84 Å². The summed E-state index contributed by atoms with van der Waals surface area (Å²) >= 11 is 0. The highest BCUT2D eigenvalue weighted by atomic mass is 16.5. The molecule has 0 saturated heterocycles. The van der Waals surface area contributed by atoms with Crippen LogP contribution in [0.3, 0.4) is 0 Å². The Bertz CT molecular complexity index is 158. The summed E-state index contributed by atoms with van der Waals surface area (Å²) in [6, 6.07) is 0. The fraction of sp³-hybridized carbons (Fsp3) is 0.889. The topological polar surface area (TPSA) is 67.8 Å². The SMILES string of the molecule is CC(C)CCOCC(C)/C(N)=N/O. The van der Waals surface area contributed by atoms with Crippen LogP contribution in [0.1, 0.15) is 27.2 Å². The summed E-state index contributed by atoms with van der Waals surface area (Å²) in [5.41, 5.74) is 5.38. The average molecular weight is 188 g/mol. The van der Waals surface area contributed by atoms with Crippen molar-refractivity contribution < 1.29 is 9.94 Å². The molecule has 0 aromatic heterocycles. The molecular weight excluding hydrogens is 168 g/mol. The van der Waals surface area contributed by atoms with Crippen LogP contribution in [-0.4, -0.2) is 24.3 Å². The summed E-state index contributed by atoms with van der Waals surface area (Å²) in [7, 11) is 0. The number of hydrogen-bond donors (Lipinski definition) is 2. The molecule has 0 aromatic carbocycles. The van der Waals surface area contributed by atoms with Crippen molar-refractivity contribution in [2.75, 3.05) is 13.2 Å². The molecule has 0 radical (unpaired) electrons. The maximum atomic E-state index is 8.36. The van der Waals surface area contributed by atoms with Gasteiger partial charge in [-0.25, -0.2) is 0 Å². The van der Waals surface area contributed by atoms with Crippen molar-refractivity contribution >= 4 is 5.84 Å². The van der Waals surface area contributed by atoms with Gasteiger partial charge in [0.05, 0.1) is 6.61 Å². The van der Waals surface area contributed by atoms with Gasteiger partial charge in [0.25, 0.3) is 0 Å². The van der Waals surface area contributed by atoms with Crippen LogP contribution in [0.2, 0.25) is 0 Å². The molecule has 0 aliphatic rings. The Morgan fingerprint density at radius 2 is 2.08 bits per heavy atom. The molecule has 0 spiro atoms. The molecular formula is C9H20N2O2. The number of amidine groups is 1. The predicted molar refractivity (Wildman–Crippen MR) is 52.8 cm³/mol. The Kier molecular flexibility index (Phi) is 6.32. The molecule has 78 valence electrons. The highest BCUT2D eigenvalue weighted by Crippen LogP contribution is 2.01. The molecule has 0 fully saturated rings. The van der Waals surface area contributed by atoms with Crippen LogP contribution < -0.4 is 5.73 Å². The highest BCUT2D eigenvalue weighted by Gasteiger charge is 2.07. The minimum absolute atomic E-state index is 0.0165. The minimum Gasteiger partial charge on any atom is -0.409 e. The van der Waals surface area contributed by atoms with Crippen LogP contribution in [0.5, 0.6) is 0 Å². The molecule has 0 bridgehead atoms. The van der Waals surface area contributed by atoms with Crippen LogP contribution in [0, 0.1) is 11.8 Å². The fourth-order valence-electron chi connectivity index (χ4n) is 0.763. The van der Waals surface area contributed by atoms with Gasteiger partial charge in [0, 0.05) is 12.5 Å². The van der Waals surface area contributed by atoms with Gasteiger partial charge in [-0.3, -0.25) is 0 Å². The third-order valence-electron chi connectivity index (χ3n) is 1.83. The van der Waals surface area contributed by atoms with Gasteiger partial charge in [0.2, 0.25) is 0 Å². The number of hydrogen-bond acceptors (Lipinski definition) is 3. The lowest BCUT2D eigenvalue weighted by molar-refractivity contribution is 0.110. The van der Waals surface area contributed by atoms with Crippen molar-refractivity contribution in [1.29, 1.82) is 0 Å². The summed E-state index contributed by atoms with van der Waals surface area (Å²) < 4.78 is 5.36. The van der Waals surface area contributed by atoms with Crippen molar-refractivity contribution in [3.05, 3.63) is 0 Å². The maximum Gasteiger partial charge on any atom is 0.144 e. The van der Waals surface area contributed by atoms with E-state index >= 15 is 0 Å². The number of rotatable bonds is 6. The molecule has 4 nitrogen and oxygen atoms in total. The predicted octanol–water partition coefficient (Wildman–Crippen LogP) is 1.43. The monoisotopic (exact) mass is 188 g/mol. The van der Waals surface area contributed by atoms with Crippen LogP contribution in [0.15, 0.2) is 5.16 Å². The van der Waals surface area contributed by atoms with E-state index in [4.69, 9.17) is 15.7 Å². The molecule has 0 saturated carbocycles. The molecule has 3 N–H and O–H groups in total. The summed E-state index contributed by atoms with van der Waals surface area (Å²) in [4.78, 5) is 0. The standard InChI is InChI=1S/C9H20N2O2/c1-7(2)4-5-13-6-8(3)9(10)11-12/h7-8,12H,4-6H2,1-3H3,(H2,10,11). The smallest absolute Gasteiger partial charge is 0.144 e. The lowest BCUT2D eigenvalue weighted by atomic mass is 10.1. The molecule has 0 aliphatic heterocycles. The van der Waals surface area contributed by atoms with Gasteiger partial charge < -0.3 is 15.7 Å². The molecule has 1 atom stereocenters. The first kappa shape index (κ1) is 12.2. The fourth-order valence-corrected chi connectivity index (χ4v) is 0.763. The largest absolute Gasteiger partial charge is 0.409 e. The maximum absolute atomic E-state index is 8.36. The molecule has 0 heterocycles. The van der Waals surface area contributed by atoms with Crippen molar-refractivity contribution in [3.8, 4) is 0 Å². The lowest BCUT2D eigenvalue weighted by Crippen LogP contribution is -2.25. The van der Waals surface area contributed by atoms with Crippen molar-refractivity contribution in [3.63, 3.8) is 0 Å². The van der Waals surface area contributed by atoms with Gasteiger partial charge in [-0.2, -0.15) is 0 Å². The second kappa shape index (κ2) is 6.71. The second-order valence-electron chi connectivity index (χ2n) is 3.68. The van der Waals surface area contributed by atoms with E-state index in [9.17, 15) is 0 Å². The van der Waals surface area contributed by atoms with Crippen molar-refractivity contribution in [2.45, 2.75) is 27.2 Å². The lowest BCUT2D eigenvalue weighted by Gasteiger charge is -2.10. The van der Waals surface area contributed by atoms with Crippen molar-refractivity contribution in [1.82, 2.24) is 0 Å². The van der Waals surface area contributed by atoms with E-state index in [1.807, 2.05) is 6.92 Å². The van der Waals surface area contributed by atoms with E-state index in [0.717, 1.165) is 13.0 Å². The summed E-state index contributed by atoms with van der Waals surface area (Å²) in [6.45, 7) is 7.42. The van der Waals surface area contributed by atoms with Crippen molar-refractivity contribution in [2.24, 2.45) is 22.7 Å². The van der Waals surface area contributed by atoms with E-state index in [2.05, 4.69) is 19.0 Å². The molecule has 0 rings (SSSR count). The van der Waals surface area contributed by atoms with E-state index in [1.165, 1.54) is 0 Å². The Morgan fingerprint density at radius 1 is 1.46 bits per heavy atom. The summed E-state index contributed by atoms with van der Waals surface area (Å²) in [5, 5.41) is 11.3. The number of ether oxygens (including phenoxy) is 1. The minimum atomic E-state index is -0.0165. The molecule has 0 amide bonds. The Labute approximate surface area is 79.8 Å². The number of oxime groups is 1. The Morgan fingerprint density at radius 3 is 2.54 bits per heavy atom. The van der Waals surface area contributed by atoms with Crippen LogP contribution in [0.25, 0.3) is 0 Å². The first-order valence-corrected chi connectivity index (χ1v) is 4.63. The molecule has 0 aliphatic carbocycles. The first-order chi connectivity index (χ1) is 6.07. The molecule has 1 unspecified atom stereocenters. The van der Waals surface area contributed by atoms with Gasteiger partial charge in [-0.05, 0) is 12.3 Å². The van der Waals surface area contributed by atoms with Crippen LogP contribution in [-0.2, 0) is 4.74 Å². The van der Waals surface area contributed by atoms with Gasteiger partial charge in [-0.1, -0.05) is 25.9 Å². The summed E-state index contributed by atoms with van der Waals surface area (Å²) in [5.74, 6) is 0.862. The zero-order valence-electron chi connectivity index (χ0n) is 8.66. The third-order valence-corrected chi connectivity index (χ3v) is 1.83. The first-order valence-electron chi connectivity index (χ1n) is 4.63. The third kappa shape index (κ3) is 6.40. The van der Waals surface area contributed by atoms with Gasteiger partial charge in [0.15, 0.2) is 0 Å². The average Bonchev–Trinajstić information content (AvgIpc) is 2.10. The van der Waals surface area contributed by atoms with E-state index < -0.39 is 0 Å². The number of nitrogens with zero attached hydrogens (tertiary/aromatic N) is 1. The highest BCUT2D eigenvalue weighted by molar-refractivity contribution is 5.81. The van der Waals surface area contributed by atoms with Crippen LogP contribution in [0.4, 0.5) is 0 Å². The normalized spacial score (nSPS) is 14.9. The van der Waals surface area contributed by atoms with Crippen LogP contribution >= 0.6 is 0 Å². The van der Waals surface area contributed by atoms with E-state index in [1.54, 1.807) is 0 Å². The second-order valence-corrected chi connectivity index (χ2v) is 3.68. The molecule has 4 heteroatoms. The quantitative estimate of drug-likeness (QED) is 0.218. The Balaban J connectivity index is 3.43. The Hall–Kier alpha value is -0.770. The number of nitrogens with two attached hydrogens (primary N) is 1. The zero-order chi connectivity index (χ0) is 10.3. The summed E-state index contributed by atoms with van der Waals surface area (Å²) in [6.07, 6.45) is 1.04. The molecule has 0 aromatic rings. The zero-order valence-corrected chi connectivity index (χ0v) is 8.66. The van der Waals surface area contributed by atoms with E-state index in [-0.39, 0.29) is 11.8 Å². The van der Waals surface area contributed by atoms with Gasteiger partial charge in [-0.15, -0.1) is 0 Å². The van der Waals surface area contributed by atoms with Gasteiger partial charge >= 0.3 is 0 Å². The molecule has 13 heavy (non-hydrogen) atoms.